The second kappa shape index (κ2) is 11.3. The highest BCUT2D eigenvalue weighted by atomic mass is 35.5. The fourth-order valence-electron chi connectivity index (χ4n) is 4.90. The van der Waals surface area contributed by atoms with E-state index in [1.54, 1.807) is 6.07 Å². The molecule has 5 rings (SSSR count). The van der Waals surface area contributed by atoms with Crippen molar-refractivity contribution in [2.45, 2.75) is 59.3 Å². The van der Waals surface area contributed by atoms with Gasteiger partial charge in [0.05, 0.1) is 6.54 Å². The Bertz CT molecular complexity index is 1160. The first-order valence-electron chi connectivity index (χ1n) is 12.3. The number of nitrogens with zero attached hydrogens (tertiary/aromatic N) is 1. The highest BCUT2D eigenvalue weighted by Crippen LogP contribution is 2.43. The molecule has 0 amide bonds. The van der Waals surface area contributed by atoms with Gasteiger partial charge < -0.3 is 35.2 Å². The largest absolute Gasteiger partial charge is 1.00 e. The van der Waals surface area contributed by atoms with E-state index in [0.717, 1.165) is 69.4 Å². The average molecular weight is 517 g/mol. The number of phenolic OH excluding ortho intramolecular Hbond substituents is 1. The van der Waals surface area contributed by atoms with Gasteiger partial charge in [0.25, 0.3) is 0 Å². The van der Waals surface area contributed by atoms with Crippen molar-refractivity contribution in [2.24, 2.45) is 11.8 Å². The second-order valence-corrected chi connectivity index (χ2v) is 10.1. The average Bonchev–Trinajstić information content (AvgIpc) is 3.72. The zero-order chi connectivity index (χ0) is 23.1. The fourth-order valence-corrected chi connectivity index (χ4v) is 4.90. The highest BCUT2D eigenvalue weighted by molar-refractivity contribution is 5.85. The fraction of sp³-hybridized carbons (Fsp3) is 0.414. The second-order valence-electron chi connectivity index (χ2n) is 10.1. The SMILES string of the molecule is Cc1c(C)c(-c2ccc([NH2+]CC3CC3)c(F)c2)c(O)c(C)c1-c1ccc(CCC2CC2)nc1.[Cl-].[Cl-]. The highest BCUT2D eigenvalue weighted by Gasteiger charge is 2.25. The van der Waals surface area contributed by atoms with Crippen LogP contribution in [0.15, 0.2) is 36.5 Å². The van der Waals surface area contributed by atoms with E-state index in [1.165, 1.54) is 32.1 Å². The molecule has 188 valence electrons. The lowest BCUT2D eigenvalue weighted by Crippen LogP contribution is -3.00. The van der Waals surface area contributed by atoms with Crippen LogP contribution >= 0.6 is 0 Å². The number of benzene rings is 2. The summed E-state index contributed by atoms with van der Waals surface area (Å²) in [7, 11) is 0. The standard InChI is InChI=1S/C29H33FN2O.2ClH/c1-17-18(2)28(22-10-13-26(25(30)14-22)32-15-21-6-7-21)29(33)19(3)27(17)23-9-12-24(31-16-23)11-8-20-4-5-20;;/h9-10,12-14,16,20-21,32-33H,4-8,11,15H2,1-3H3;2*1H/p-1. The summed E-state index contributed by atoms with van der Waals surface area (Å²) in [4.78, 5) is 4.70. The molecular formula is C29H34Cl2FN2O-. The Morgan fingerprint density at radius 2 is 1.54 bits per heavy atom. The Labute approximate surface area is 220 Å². The maximum Gasteiger partial charge on any atom is 0.184 e. The predicted molar refractivity (Wildman–Crippen MR) is 131 cm³/mol. The summed E-state index contributed by atoms with van der Waals surface area (Å²) in [6.45, 7) is 6.97. The monoisotopic (exact) mass is 515 g/mol. The summed E-state index contributed by atoms with van der Waals surface area (Å²) in [6, 6.07) is 9.57. The molecule has 0 unspecified atom stereocenters. The Morgan fingerprint density at radius 3 is 2.14 bits per heavy atom. The van der Waals surface area contributed by atoms with E-state index in [-0.39, 0.29) is 36.4 Å². The number of pyridine rings is 1. The molecular weight excluding hydrogens is 482 g/mol. The molecule has 0 saturated heterocycles. The first kappa shape index (κ1) is 27.4. The lowest BCUT2D eigenvalue weighted by Gasteiger charge is -2.20. The quantitative estimate of drug-likeness (QED) is 0.419. The summed E-state index contributed by atoms with van der Waals surface area (Å²) in [5, 5.41) is 13.2. The number of nitrogens with two attached hydrogens (primary N) is 1. The predicted octanol–water partition coefficient (Wildman–Crippen LogP) is 0.141. The van der Waals surface area contributed by atoms with Crippen LogP contribution in [0.3, 0.4) is 0 Å². The van der Waals surface area contributed by atoms with E-state index in [9.17, 15) is 9.50 Å². The van der Waals surface area contributed by atoms with Gasteiger partial charge in [-0.25, -0.2) is 4.39 Å². The Kier molecular flexibility index (Phi) is 8.85. The van der Waals surface area contributed by atoms with Gasteiger partial charge >= 0.3 is 0 Å². The van der Waals surface area contributed by atoms with Crippen molar-refractivity contribution in [2.75, 3.05) is 6.54 Å². The minimum absolute atomic E-state index is 0. The number of aromatic nitrogens is 1. The Morgan fingerprint density at radius 1 is 0.886 bits per heavy atom. The number of aryl methyl sites for hydroxylation is 1. The van der Waals surface area contributed by atoms with Gasteiger partial charge in [0.15, 0.2) is 11.5 Å². The van der Waals surface area contributed by atoms with E-state index in [0.29, 0.717) is 5.69 Å². The molecule has 3 N–H and O–H groups in total. The van der Waals surface area contributed by atoms with Crippen molar-refractivity contribution in [1.29, 1.82) is 0 Å². The molecule has 35 heavy (non-hydrogen) atoms. The minimum Gasteiger partial charge on any atom is -1.00 e. The van der Waals surface area contributed by atoms with Crippen molar-refractivity contribution in [1.82, 2.24) is 4.98 Å². The number of aromatic hydroxyl groups is 1. The summed E-state index contributed by atoms with van der Waals surface area (Å²) in [6.07, 6.45) is 9.44. The first-order chi connectivity index (χ1) is 15.9. The van der Waals surface area contributed by atoms with Crippen LogP contribution in [0.5, 0.6) is 5.75 Å². The van der Waals surface area contributed by atoms with Gasteiger partial charge in [-0.2, -0.15) is 0 Å². The van der Waals surface area contributed by atoms with Crippen molar-refractivity contribution in [3.05, 3.63) is 64.7 Å². The van der Waals surface area contributed by atoms with Crippen LogP contribution < -0.4 is 30.1 Å². The number of hydrogen-bond acceptors (Lipinski definition) is 2. The van der Waals surface area contributed by atoms with Crippen LogP contribution in [0.25, 0.3) is 22.3 Å². The van der Waals surface area contributed by atoms with Gasteiger partial charge in [0.1, 0.15) is 5.75 Å². The van der Waals surface area contributed by atoms with Gasteiger partial charge in [-0.15, -0.1) is 0 Å². The van der Waals surface area contributed by atoms with Crippen LogP contribution in [0.2, 0.25) is 0 Å². The lowest BCUT2D eigenvalue weighted by molar-refractivity contribution is -0.576. The summed E-state index contributed by atoms with van der Waals surface area (Å²) >= 11 is 0. The topological polar surface area (TPSA) is 49.7 Å². The first-order valence-corrected chi connectivity index (χ1v) is 12.3. The van der Waals surface area contributed by atoms with Crippen LogP contribution in [-0.2, 0) is 6.42 Å². The molecule has 3 nitrogen and oxygen atoms in total. The number of hydrogen-bond donors (Lipinski definition) is 2. The van der Waals surface area contributed by atoms with Gasteiger partial charge in [-0.05, 0) is 98.4 Å². The van der Waals surface area contributed by atoms with Crippen LogP contribution in [0.1, 0.15) is 54.5 Å². The molecule has 2 aliphatic rings. The minimum atomic E-state index is -0.225. The van der Waals surface area contributed by atoms with Crippen molar-refractivity contribution in [3.63, 3.8) is 0 Å². The molecule has 2 aromatic carbocycles. The zero-order valence-electron chi connectivity index (χ0n) is 20.7. The summed E-state index contributed by atoms with van der Waals surface area (Å²) in [5.41, 5.74) is 8.13. The molecule has 0 atom stereocenters. The molecule has 0 bridgehead atoms. The molecule has 2 saturated carbocycles. The van der Waals surface area contributed by atoms with E-state index < -0.39 is 0 Å². The molecule has 2 aliphatic carbocycles. The molecule has 1 aromatic heterocycles. The van der Waals surface area contributed by atoms with E-state index in [4.69, 9.17) is 4.98 Å². The smallest absolute Gasteiger partial charge is 0.184 e. The van der Waals surface area contributed by atoms with Gasteiger partial charge in [0, 0.05) is 35.0 Å². The van der Waals surface area contributed by atoms with Crippen molar-refractivity contribution in [3.8, 4) is 28.0 Å². The van der Waals surface area contributed by atoms with E-state index in [2.05, 4.69) is 19.1 Å². The van der Waals surface area contributed by atoms with Gasteiger partial charge in [0.2, 0.25) is 0 Å². The molecule has 3 aromatic rings. The number of quaternary nitrogens is 1. The third-order valence-corrected chi connectivity index (χ3v) is 7.56. The lowest BCUT2D eigenvalue weighted by atomic mass is 9.86. The number of rotatable bonds is 8. The molecule has 1 heterocycles. The van der Waals surface area contributed by atoms with Crippen molar-refractivity contribution >= 4 is 5.69 Å². The third kappa shape index (κ3) is 5.99. The van der Waals surface area contributed by atoms with E-state index in [1.807, 2.05) is 37.5 Å². The molecule has 0 aliphatic heterocycles. The molecule has 0 spiro atoms. The van der Waals surface area contributed by atoms with E-state index >= 15 is 0 Å². The summed E-state index contributed by atoms with van der Waals surface area (Å²) in [5.74, 6) is 1.63. The van der Waals surface area contributed by atoms with Crippen LogP contribution in [0.4, 0.5) is 10.1 Å². The normalized spacial score (nSPS) is 14.9. The van der Waals surface area contributed by atoms with Gasteiger partial charge in [-0.1, -0.05) is 18.9 Å². The van der Waals surface area contributed by atoms with Crippen LogP contribution in [-0.4, -0.2) is 16.6 Å². The summed E-state index contributed by atoms with van der Waals surface area (Å²) < 4.78 is 14.8. The molecule has 6 heteroatoms. The molecule has 2 fully saturated rings. The van der Waals surface area contributed by atoms with Crippen molar-refractivity contribution < 1.29 is 39.6 Å². The maximum atomic E-state index is 14.8. The number of halogens is 3. The zero-order valence-corrected chi connectivity index (χ0v) is 22.2. The number of phenols is 1. The Balaban J connectivity index is 0.00000171. The molecule has 0 radical (unpaired) electrons. The van der Waals surface area contributed by atoms with Gasteiger partial charge in [-0.3, -0.25) is 4.98 Å². The third-order valence-electron chi connectivity index (χ3n) is 7.56. The maximum absolute atomic E-state index is 14.8. The Hall–Kier alpha value is -2.14. The van der Waals surface area contributed by atoms with Crippen LogP contribution in [0, 0.1) is 38.4 Å².